The molecule has 1 aliphatic rings. The molecule has 0 bridgehead atoms. The number of piperidine rings is 1. The zero-order valence-corrected chi connectivity index (χ0v) is 11.8. The molecule has 0 radical (unpaired) electrons. The zero-order valence-electron chi connectivity index (χ0n) is 11.8. The lowest BCUT2D eigenvalue weighted by Crippen LogP contribution is -2.53. The van der Waals surface area contributed by atoms with E-state index in [4.69, 9.17) is 0 Å². The summed E-state index contributed by atoms with van der Waals surface area (Å²) in [6, 6.07) is 10.6. The number of likely N-dealkylation sites (tertiary alicyclic amines) is 1. The number of aliphatic hydroxyl groups is 1. The van der Waals surface area contributed by atoms with Crippen molar-refractivity contribution >= 4 is 0 Å². The van der Waals surface area contributed by atoms with Gasteiger partial charge in [0, 0.05) is 18.5 Å². The summed E-state index contributed by atoms with van der Waals surface area (Å²) in [5, 5.41) is 11.0. The smallest absolute Gasteiger partial charge is 0.0948 e. The summed E-state index contributed by atoms with van der Waals surface area (Å²) in [6.45, 7) is 8.74. The summed E-state index contributed by atoms with van der Waals surface area (Å²) in [4.78, 5) is 2.50. The van der Waals surface area contributed by atoms with Crippen LogP contribution < -0.4 is 0 Å². The van der Waals surface area contributed by atoms with E-state index in [1.807, 2.05) is 18.2 Å². The summed E-state index contributed by atoms with van der Waals surface area (Å²) in [7, 11) is 0. The second kappa shape index (κ2) is 5.41. The van der Waals surface area contributed by atoms with Gasteiger partial charge < -0.3 is 10.0 Å². The van der Waals surface area contributed by atoms with Crippen LogP contribution in [-0.4, -0.2) is 29.1 Å². The third kappa shape index (κ3) is 2.45. The summed E-state index contributed by atoms with van der Waals surface area (Å²) >= 11 is 0. The third-order valence-electron chi connectivity index (χ3n) is 4.34. The van der Waals surface area contributed by atoms with E-state index < -0.39 is 5.60 Å². The molecule has 3 unspecified atom stereocenters. The van der Waals surface area contributed by atoms with E-state index in [9.17, 15) is 5.11 Å². The molecule has 2 nitrogen and oxygen atoms in total. The minimum Gasteiger partial charge on any atom is -0.385 e. The van der Waals surface area contributed by atoms with Gasteiger partial charge >= 0.3 is 0 Å². The molecule has 3 atom stereocenters. The van der Waals surface area contributed by atoms with Crippen LogP contribution in [-0.2, 0) is 5.60 Å². The van der Waals surface area contributed by atoms with Crippen molar-refractivity contribution in [3.05, 3.63) is 35.9 Å². The first kappa shape index (κ1) is 13.6. The minimum absolute atomic E-state index is 0.280. The van der Waals surface area contributed by atoms with Gasteiger partial charge in [-0.25, -0.2) is 0 Å². The molecule has 1 aromatic carbocycles. The first-order valence-electron chi connectivity index (χ1n) is 7.10. The molecule has 0 aliphatic carbocycles. The Labute approximate surface area is 111 Å². The van der Waals surface area contributed by atoms with E-state index in [1.54, 1.807) is 0 Å². The van der Waals surface area contributed by atoms with E-state index in [0.717, 1.165) is 25.1 Å². The van der Waals surface area contributed by atoms with Crippen LogP contribution in [0.25, 0.3) is 0 Å². The quantitative estimate of drug-likeness (QED) is 0.887. The van der Waals surface area contributed by atoms with Gasteiger partial charge in [0.15, 0.2) is 0 Å². The lowest BCUT2D eigenvalue weighted by molar-refractivity contribution is -0.0904. The number of nitrogens with zero attached hydrogens (tertiary/aromatic N) is 1. The predicted octanol–water partition coefficient (Wildman–Crippen LogP) is 3.01. The second-order valence-corrected chi connectivity index (χ2v) is 5.74. The van der Waals surface area contributed by atoms with E-state index in [1.165, 1.54) is 6.42 Å². The number of hydrogen-bond donors (Lipinski definition) is 1. The van der Waals surface area contributed by atoms with Gasteiger partial charge in [0.25, 0.3) is 0 Å². The fourth-order valence-electron chi connectivity index (χ4n) is 3.19. The van der Waals surface area contributed by atoms with Gasteiger partial charge in [-0.3, -0.25) is 0 Å². The van der Waals surface area contributed by atoms with E-state index in [-0.39, 0.29) is 5.92 Å². The monoisotopic (exact) mass is 247 g/mol. The molecule has 1 fully saturated rings. The summed E-state index contributed by atoms with van der Waals surface area (Å²) in [5.41, 5.74) is 0.408. The predicted molar refractivity (Wildman–Crippen MR) is 75.4 cm³/mol. The van der Waals surface area contributed by atoms with Crippen LogP contribution in [0.15, 0.2) is 30.3 Å². The van der Waals surface area contributed by atoms with Crippen LogP contribution in [0.3, 0.4) is 0 Å². The maximum atomic E-state index is 11.0. The minimum atomic E-state index is -0.662. The van der Waals surface area contributed by atoms with Crippen molar-refractivity contribution in [2.75, 3.05) is 13.1 Å². The van der Waals surface area contributed by atoms with Crippen molar-refractivity contribution in [1.82, 2.24) is 4.90 Å². The van der Waals surface area contributed by atoms with Gasteiger partial charge in [-0.15, -0.1) is 0 Å². The molecule has 1 aliphatic heterocycles. The van der Waals surface area contributed by atoms with E-state index in [2.05, 4.69) is 37.8 Å². The van der Waals surface area contributed by atoms with Crippen molar-refractivity contribution in [2.24, 2.45) is 5.92 Å². The molecular formula is C16H25NO. The summed E-state index contributed by atoms with van der Waals surface area (Å²) in [6.07, 6.45) is 2.01. The SMILES string of the molecule is CCCN1CC(C)C(O)(c2ccccc2)CC1C. The van der Waals surface area contributed by atoms with Crippen molar-refractivity contribution in [2.45, 2.75) is 45.3 Å². The van der Waals surface area contributed by atoms with Crippen LogP contribution in [0, 0.1) is 5.92 Å². The highest BCUT2D eigenvalue weighted by molar-refractivity contribution is 5.24. The molecule has 0 saturated carbocycles. The molecule has 1 saturated heterocycles. The van der Waals surface area contributed by atoms with Gasteiger partial charge in [0.05, 0.1) is 5.60 Å². The molecule has 18 heavy (non-hydrogen) atoms. The maximum absolute atomic E-state index is 11.0. The molecule has 1 aromatic rings. The Kier molecular flexibility index (Phi) is 4.08. The average molecular weight is 247 g/mol. The Hall–Kier alpha value is -0.860. The fourth-order valence-corrected chi connectivity index (χ4v) is 3.19. The topological polar surface area (TPSA) is 23.5 Å². The molecule has 0 amide bonds. The fraction of sp³-hybridized carbons (Fsp3) is 0.625. The number of hydrogen-bond acceptors (Lipinski definition) is 2. The highest BCUT2D eigenvalue weighted by atomic mass is 16.3. The van der Waals surface area contributed by atoms with Crippen LogP contribution in [0.2, 0.25) is 0 Å². The molecule has 0 spiro atoms. The summed E-state index contributed by atoms with van der Waals surface area (Å²) < 4.78 is 0. The van der Waals surface area contributed by atoms with Crippen molar-refractivity contribution in [1.29, 1.82) is 0 Å². The van der Waals surface area contributed by atoms with Crippen molar-refractivity contribution in [3.63, 3.8) is 0 Å². The van der Waals surface area contributed by atoms with Crippen molar-refractivity contribution < 1.29 is 5.11 Å². The Morgan fingerprint density at radius 2 is 1.94 bits per heavy atom. The van der Waals surface area contributed by atoms with Gasteiger partial charge in [0.1, 0.15) is 0 Å². The van der Waals surface area contributed by atoms with Crippen LogP contribution in [0.5, 0.6) is 0 Å². The average Bonchev–Trinajstić information content (AvgIpc) is 2.37. The molecule has 1 N–H and O–H groups in total. The summed E-state index contributed by atoms with van der Waals surface area (Å²) in [5.74, 6) is 0.280. The van der Waals surface area contributed by atoms with E-state index >= 15 is 0 Å². The lowest BCUT2D eigenvalue weighted by Gasteiger charge is -2.47. The Morgan fingerprint density at radius 1 is 1.28 bits per heavy atom. The largest absolute Gasteiger partial charge is 0.385 e. The van der Waals surface area contributed by atoms with Crippen LogP contribution >= 0.6 is 0 Å². The second-order valence-electron chi connectivity index (χ2n) is 5.74. The number of benzene rings is 1. The first-order chi connectivity index (χ1) is 8.58. The Balaban J connectivity index is 2.20. The standard InChI is InChI=1S/C16H25NO/c1-4-10-17-12-13(2)16(18,11-14(17)3)15-8-6-5-7-9-15/h5-9,13-14,18H,4,10-12H2,1-3H3. The molecule has 1 heterocycles. The van der Waals surface area contributed by atoms with Gasteiger partial charge in [-0.05, 0) is 31.9 Å². The van der Waals surface area contributed by atoms with Gasteiger partial charge in [-0.1, -0.05) is 44.2 Å². The van der Waals surface area contributed by atoms with Crippen molar-refractivity contribution in [3.8, 4) is 0 Å². The Bertz CT molecular complexity index is 378. The number of rotatable bonds is 3. The van der Waals surface area contributed by atoms with Crippen LogP contribution in [0.4, 0.5) is 0 Å². The Morgan fingerprint density at radius 3 is 2.56 bits per heavy atom. The van der Waals surface area contributed by atoms with Gasteiger partial charge in [0.2, 0.25) is 0 Å². The van der Waals surface area contributed by atoms with E-state index in [0.29, 0.717) is 6.04 Å². The molecule has 2 rings (SSSR count). The van der Waals surface area contributed by atoms with Gasteiger partial charge in [-0.2, -0.15) is 0 Å². The normalized spacial score (nSPS) is 33.6. The zero-order chi connectivity index (χ0) is 13.2. The third-order valence-corrected chi connectivity index (χ3v) is 4.34. The molecule has 0 aromatic heterocycles. The van der Waals surface area contributed by atoms with Crippen LogP contribution in [0.1, 0.15) is 39.2 Å². The first-order valence-corrected chi connectivity index (χ1v) is 7.10. The highest BCUT2D eigenvalue weighted by Crippen LogP contribution is 2.39. The lowest BCUT2D eigenvalue weighted by atomic mass is 9.74. The molecular weight excluding hydrogens is 222 g/mol. The highest BCUT2D eigenvalue weighted by Gasteiger charge is 2.42. The molecule has 100 valence electrons. The maximum Gasteiger partial charge on any atom is 0.0948 e. The molecule has 2 heteroatoms.